The van der Waals surface area contributed by atoms with Crippen LogP contribution in [0.3, 0.4) is 0 Å². The van der Waals surface area contributed by atoms with Gasteiger partial charge in [0.2, 0.25) is 11.8 Å². The third-order valence-corrected chi connectivity index (χ3v) is 5.17. The molecule has 2 aromatic heterocycles. The van der Waals surface area contributed by atoms with Crippen molar-refractivity contribution in [2.45, 2.75) is 25.0 Å². The molecule has 10 nitrogen and oxygen atoms in total. The van der Waals surface area contributed by atoms with Gasteiger partial charge in [-0.25, -0.2) is 19.9 Å². The van der Waals surface area contributed by atoms with E-state index in [9.17, 15) is 0 Å². The Labute approximate surface area is 207 Å². The van der Waals surface area contributed by atoms with E-state index in [0.717, 1.165) is 11.1 Å². The van der Waals surface area contributed by atoms with Crippen molar-refractivity contribution in [1.29, 1.82) is 0 Å². The molecule has 2 atom stereocenters. The number of nitrogens with zero attached hydrogens (tertiary/aromatic N) is 6. The summed E-state index contributed by atoms with van der Waals surface area (Å²) in [7, 11) is 0. The van der Waals surface area contributed by atoms with Crippen LogP contribution in [0.25, 0.3) is 0 Å². The van der Waals surface area contributed by atoms with E-state index in [2.05, 4.69) is 30.2 Å². The van der Waals surface area contributed by atoms with Crippen molar-refractivity contribution in [1.82, 2.24) is 19.9 Å². The Morgan fingerprint density at radius 3 is 1.33 bits per heavy atom. The highest BCUT2D eigenvalue weighted by molar-refractivity contribution is 5.80. The molecule has 2 aliphatic heterocycles. The number of benzene rings is 2. The predicted octanol–water partition coefficient (Wildman–Crippen LogP) is 4.66. The van der Waals surface area contributed by atoms with Crippen LogP contribution < -0.4 is 9.47 Å². The lowest BCUT2D eigenvalue weighted by Crippen LogP contribution is -2.07. The molecular formula is C26H22N6O4. The molecule has 2 aliphatic rings. The average molecular weight is 483 g/mol. The molecule has 36 heavy (non-hydrogen) atoms. The fourth-order valence-electron chi connectivity index (χ4n) is 3.47. The van der Waals surface area contributed by atoms with E-state index in [4.69, 9.17) is 19.1 Å². The normalized spacial score (nSPS) is 18.0. The zero-order chi connectivity index (χ0) is 24.4. The Morgan fingerprint density at radius 2 is 0.944 bits per heavy atom. The Hall–Kier alpha value is -4.86. The molecule has 0 radical (unpaired) electrons. The lowest BCUT2D eigenvalue weighted by atomic mass is 10.1. The topological polar surface area (TPSA) is 113 Å². The van der Waals surface area contributed by atoms with E-state index < -0.39 is 0 Å². The Morgan fingerprint density at radius 1 is 0.556 bits per heavy atom. The molecule has 0 unspecified atom stereocenters. The van der Waals surface area contributed by atoms with Gasteiger partial charge in [0.15, 0.2) is 23.7 Å². The van der Waals surface area contributed by atoms with Gasteiger partial charge in [-0.3, -0.25) is 0 Å². The molecule has 0 fully saturated rings. The molecule has 4 heterocycles. The van der Waals surface area contributed by atoms with Crippen LogP contribution in [0.1, 0.15) is 36.2 Å². The van der Waals surface area contributed by atoms with Gasteiger partial charge in [-0.1, -0.05) is 71.0 Å². The van der Waals surface area contributed by atoms with Gasteiger partial charge >= 0.3 is 0 Å². The largest absolute Gasteiger partial charge is 0.436 e. The summed E-state index contributed by atoms with van der Waals surface area (Å²) < 4.78 is 11.1. The number of rotatable bonds is 4. The third kappa shape index (κ3) is 6.17. The molecule has 4 aromatic rings. The first kappa shape index (κ1) is 22.9. The van der Waals surface area contributed by atoms with Crippen LogP contribution in [0.4, 0.5) is 0 Å². The second kappa shape index (κ2) is 11.5. The van der Waals surface area contributed by atoms with E-state index in [1.165, 1.54) is 12.7 Å². The fourth-order valence-corrected chi connectivity index (χ4v) is 3.47. The van der Waals surface area contributed by atoms with Crippen LogP contribution in [0.15, 0.2) is 108 Å². The molecule has 6 rings (SSSR count). The minimum absolute atomic E-state index is 0.0779. The minimum atomic E-state index is -0.0779. The van der Waals surface area contributed by atoms with Crippen LogP contribution in [-0.4, -0.2) is 31.7 Å². The van der Waals surface area contributed by atoms with Gasteiger partial charge in [0.25, 0.3) is 0 Å². The van der Waals surface area contributed by atoms with Gasteiger partial charge in [-0.2, -0.15) is 0 Å². The molecule has 0 N–H and O–H groups in total. The number of aromatic nitrogens is 4. The predicted molar refractivity (Wildman–Crippen MR) is 130 cm³/mol. The molecule has 180 valence electrons. The van der Waals surface area contributed by atoms with E-state index >= 15 is 0 Å². The van der Waals surface area contributed by atoms with Gasteiger partial charge in [0.1, 0.15) is 12.7 Å². The maximum atomic E-state index is 5.53. The number of ether oxygens (including phenoxy) is 2. The van der Waals surface area contributed by atoms with Gasteiger partial charge in [-0.15, -0.1) is 0 Å². The number of hydrogen-bond donors (Lipinski definition) is 0. The lowest BCUT2D eigenvalue weighted by molar-refractivity contribution is 0.0854. The summed E-state index contributed by atoms with van der Waals surface area (Å²) in [6, 6.07) is 19.9. The smallest absolute Gasteiger partial charge is 0.235 e. The lowest BCUT2D eigenvalue weighted by Gasteiger charge is -2.07. The van der Waals surface area contributed by atoms with Crippen molar-refractivity contribution in [3.05, 3.63) is 109 Å². The van der Waals surface area contributed by atoms with Gasteiger partial charge in [-0.05, 0) is 11.1 Å². The average Bonchev–Trinajstić information content (AvgIpc) is 3.61. The Kier molecular flexibility index (Phi) is 7.33. The Balaban J connectivity index is 0.000000148. The summed E-state index contributed by atoms with van der Waals surface area (Å²) in [5.41, 5.74) is 2.17. The van der Waals surface area contributed by atoms with Crippen LogP contribution >= 0.6 is 0 Å². The number of oxime groups is 2. The van der Waals surface area contributed by atoms with E-state index in [-0.39, 0.29) is 12.2 Å². The first-order valence-corrected chi connectivity index (χ1v) is 11.2. The van der Waals surface area contributed by atoms with E-state index in [1.807, 2.05) is 60.7 Å². The van der Waals surface area contributed by atoms with Gasteiger partial charge in [0.05, 0.1) is 37.6 Å². The highest BCUT2D eigenvalue weighted by Gasteiger charge is 2.25. The van der Waals surface area contributed by atoms with Gasteiger partial charge in [0, 0.05) is 0 Å². The summed E-state index contributed by atoms with van der Waals surface area (Å²) in [6.45, 7) is 0. The molecule has 0 spiro atoms. The zero-order valence-electron chi connectivity index (χ0n) is 19.1. The molecule has 0 amide bonds. The zero-order valence-corrected chi connectivity index (χ0v) is 19.1. The van der Waals surface area contributed by atoms with Crippen molar-refractivity contribution < 1.29 is 19.1 Å². The first-order chi connectivity index (χ1) is 17.8. The van der Waals surface area contributed by atoms with Crippen molar-refractivity contribution in [2.24, 2.45) is 10.3 Å². The van der Waals surface area contributed by atoms with Crippen molar-refractivity contribution in [2.75, 3.05) is 0 Å². The standard InChI is InChI=1S/2C13H11N3O2/c2*1-2-4-10(5-3-1)12-6-13(16-18-12)17-11-7-14-9-15-8-11/h2*1-5,7-9,12H,6H2/t2*12-/m10/s1. The summed E-state index contributed by atoms with van der Waals surface area (Å²) in [5.74, 6) is 2.21. The van der Waals surface area contributed by atoms with E-state index in [1.54, 1.807) is 24.8 Å². The van der Waals surface area contributed by atoms with Crippen LogP contribution in [0.2, 0.25) is 0 Å². The molecule has 0 saturated heterocycles. The molecule has 0 aliphatic carbocycles. The quantitative estimate of drug-likeness (QED) is 0.413. The molecule has 10 heteroatoms. The Bertz CT molecular complexity index is 1190. The molecule has 2 aromatic carbocycles. The highest BCUT2D eigenvalue weighted by atomic mass is 16.7. The molecular weight excluding hydrogens is 460 g/mol. The second-order valence-corrected chi connectivity index (χ2v) is 7.74. The summed E-state index contributed by atoms with van der Waals surface area (Å²) >= 11 is 0. The van der Waals surface area contributed by atoms with Crippen LogP contribution in [0, 0.1) is 0 Å². The third-order valence-electron chi connectivity index (χ3n) is 5.17. The SMILES string of the molecule is c1ccc([C@@H]2CC(Oc3cncnc3)=NO2)cc1.c1ccc([C@H]2CC(Oc3cncnc3)=NO2)cc1. The maximum Gasteiger partial charge on any atom is 0.235 e. The van der Waals surface area contributed by atoms with Gasteiger partial charge < -0.3 is 19.1 Å². The van der Waals surface area contributed by atoms with Crippen molar-refractivity contribution >= 4 is 11.8 Å². The minimum Gasteiger partial charge on any atom is -0.436 e. The van der Waals surface area contributed by atoms with Crippen molar-refractivity contribution in [3.8, 4) is 11.5 Å². The molecule has 0 saturated carbocycles. The second-order valence-electron chi connectivity index (χ2n) is 7.74. The summed E-state index contributed by atoms with van der Waals surface area (Å²) in [4.78, 5) is 26.2. The first-order valence-electron chi connectivity index (χ1n) is 11.2. The molecule has 0 bridgehead atoms. The van der Waals surface area contributed by atoms with E-state index in [0.29, 0.717) is 36.1 Å². The highest BCUT2D eigenvalue weighted by Crippen LogP contribution is 2.28. The fraction of sp³-hybridized carbons (Fsp3) is 0.154. The van der Waals surface area contributed by atoms with Crippen molar-refractivity contribution in [3.63, 3.8) is 0 Å². The number of hydrogen-bond acceptors (Lipinski definition) is 10. The summed E-state index contributed by atoms with van der Waals surface area (Å²) in [5, 5.41) is 7.86. The van der Waals surface area contributed by atoms with Crippen LogP contribution in [-0.2, 0) is 9.68 Å². The van der Waals surface area contributed by atoms with Crippen LogP contribution in [0.5, 0.6) is 11.5 Å². The maximum absolute atomic E-state index is 5.53. The summed E-state index contributed by atoms with van der Waals surface area (Å²) in [6.07, 6.45) is 10.3. The monoisotopic (exact) mass is 482 g/mol.